The Bertz CT molecular complexity index is 1470. The zero-order valence-corrected chi connectivity index (χ0v) is 20.8. The van der Waals surface area contributed by atoms with Crippen LogP contribution < -0.4 is 16.0 Å². The van der Waals surface area contributed by atoms with Gasteiger partial charge in [-0.1, -0.05) is 37.6 Å². The number of anilines is 4. The molecule has 0 radical (unpaired) electrons. The Morgan fingerprint density at radius 3 is 2.81 bits per heavy atom. The van der Waals surface area contributed by atoms with E-state index in [0.717, 1.165) is 30.0 Å². The molecule has 2 aromatic carbocycles. The second-order valence-electron chi connectivity index (χ2n) is 9.21. The van der Waals surface area contributed by atoms with Gasteiger partial charge in [-0.05, 0) is 41.7 Å². The van der Waals surface area contributed by atoms with Gasteiger partial charge in [0.1, 0.15) is 16.7 Å². The Kier molecular flexibility index (Phi) is 6.09. The number of nitrogens with one attached hydrogen (secondary N) is 3. The first-order chi connectivity index (χ1) is 17.3. The Morgan fingerprint density at radius 1 is 1.17 bits per heavy atom. The summed E-state index contributed by atoms with van der Waals surface area (Å²) in [5, 5.41) is 8.75. The van der Waals surface area contributed by atoms with E-state index in [1.807, 2.05) is 24.5 Å². The predicted molar refractivity (Wildman–Crippen MR) is 138 cm³/mol. The van der Waals surface area contributed by atoms with E-state index in [1.165, 1.54) is 37.0 Å². The van der Waals surface area contributed by atoms with Crippen LogP contribution in [0.4, 0.5) is 27.5 Å². The molecule has 184 valence electrons. The van der Waals surface area contributed by atoms with Crippen molar-refractivity contribution in [2.45, 2.75) is 32.1 Å². The molecule has 1 amide bonds. The zero-order valence-electron chi connectivity index (χ0n) is 20.1. The number of nitrogens with zero attached hydrogens (tertiary/aromatic N) is 4. The van der Waals surface area contributed by atoms with Crippen LogP contribution in [0.1, 0.15) is 42.0 Å². The summed E-state index contributed by atoms with van der Waals surface area (Å²) in [6, 6.07) is 10.4. The molecule has 0 atom stereocenters. The standard InChI is InChI=1S/C26H25ClFN7O/c1-26(2)10-9-21-30-11-12-35(21)20-13-15(7-8-17(20)26)32-25-31-14-18(27)23(34-25)33-22-16(24(36)29-3)5-4-6-19(22)28/h4-8,11-14H,9-10H2,1-3H3,(H,29,36)(H2,31,32,33,34). The van der Waals surface area contributed by atoms with Crippen molar-refractivity contribution in [3.63, 3.8) is 0 Å². The van der Waals surface area contributed by atoms with Gasteiger partial charge in [-0.3, -0.25) is 4.79 Å². The Balaban J connectivity index is 1.48. The van der Waals surface area contributed by atoms with Crippen molar-refractivity contribution in [3.05, 3.63) is 82.8 Å². The van der Waals surface area contributed by atoms with Crippen LogP contribution in [0.25, 0.3) is 5.69 Å². The maximum Gasteiger partial charge on any atom is 0.253 e. The molecule has 8 nitrogen and oxygen atoms in total. The molecule has 3 heterocycles. The highest BCUT2D eigenvalue weighted by atomic mass is 35.5. The number of carbonyl (C=O) groups excluding carboxylic acids is 1. The average molecular weight is 506 g/mol. The van der Waals surface area contributed by atoms with Crippen LogP contribution in [-0.4, -0.2) is 32.5 Å². The molecule has 0 saturated carbocycles. The lowest BCUT2D eigenvalue weighted by Crippen LogP contribution is -2.20. The van der Waals surface area contributed by atoms with E-state index in [4.69, 9.17) is 11.6 Å². The zero-order chi connectivity index (χ0) is 25.4. The lowest BCUT2D eigenvalue weighted by molar-refractivity contribution is 0.0963. The van der Waals surface area contributed by atoms with Gasteiger partial charge in [0, 0.05) is 31.5 Å². The topological polar surface area (TPSA) is 96.8 Å². The number of hydrogen-bond acceptors (Lipinski definition) is 6. The minimum absolute atomic E-state index is 0.00926. The third-order valence-corrected chi connectivity index (χ3v) is 6.68. The Hall–Kier alpha value is -3.98. The summed E-state index contributed by atoms with van der Waals surface area (Å²) in [4.78, 5) is 25.5. The third-order valence-electron chi connectivity index (χ3n) is 6.41. The van der Waals surface area contributed by atoms with Gasteiger partial charge in [0.2, 0.25) is 5.95 Å². The number of hydrogen-bond donors (Lipinski definition) is 3. The van der Waals surface area contributed by atoms with Crippen molar-refractivity contribution in [3.8, 4) is 5.69 Å². The summed E-state index contributed by atoms with van der Waals surface area (Å²) >= 11 is 6.31. The van der Waals surface area contributed by atoms with Crippen LogP contribution in [0.3, 0.4) is 0 Å². The summed E-state index contributed by atoms with van der Waals surface area (Å²) in [5.41, 5.74) is 3.14. The quantitative estimate of drug-likeness (QED) is 0.330. The number of benzene rings is 2. The van der Waals surface area contributed by atoms with E-state index >= 15 is 0 Å². The second-order valence-corrected chi connectivity index (χ2v) is 9.62. The van der Waals surface area contributed by atoms with Crippen molar-refractivity contribution >= 4 is 40.6 Å². The lowest BCUT2D eigenvalue weighted by Gasteiger charge is -2.25. The molecule has 5 rings (SSSR count). The minimum Gasteiger partial charge on any atom is -0.355 e. The number of para-hydroxylation sites is 1. The van der Waals surface area contributed by atoms with E-state index in [2.05, 4.69) is 55.4 Å². The number of imidazole rings is 1. The lowest BCUT2D eigenvalue weighted by atomic mass is 9.80. The van der Waals surface area contributed by atoms with Gasteiger partial charge in [0.25, 0.3) is 5.91 Å². The SMILES string of the molecule is CNC(=O)c1cccc(F)c1Nc1nc(Nc2ccc3c(c2)-n2ccnc2CCC3(C)C)ncc1Cl. The maximum absolute atomic E-state index is 14.6. The summed E-state index contributed by atoms with van der Waals surface area (Å²) < 4.78 is 16.7. The van der Waals surface area contributed by atoms with Gasteiger partial charge < -0.3 is 20.5 Å². The highest BCUT2D eigenvalue weighted by Crippen LogP contribution is 2.38. The first-order valence-electron chi connectivity index (χ1n) is 11.5. The van der Waals surface area contributed by atoms with Gasteiger partial charge in [-0.2, -0.15) is 4.98 Å². The van der Waals surface area contributed by atoms with E-state index in [-0.39, 0.29) is 33.5 Å². The first-order valence-corrected chi connectivity index (χ1v) is 11.9. The van der Waals surface area contributed by atoms with E-state index in [1.54, 1.807) is 0 Å². The van der Waals surface area contributed by atoms with Crippen LogP contribution in [0.2, 0.25) is 5.02 Å². The normalized spacial score (nSPS) is 13.8. The highest BCUT2D eigenvalue weighted by molar-refractivity contribution is 6.33. The van der Waals surface area contributed by atoms with Gasteiger partial charge >= 0.3 is 0 Å². The molecule has 0 fully saturated rings. The number of aromatic nitrogens is 4. The first kappa shape index (κ1) is 23.7. The van der Waals surface area contributed by atoms with E-state index in [9.17, 15) is 9.18 Å². The van der Waals surface area contributed by atoms with Crippen LogP contribution in [0, 0.1) is 5.82 Å². The van der Waals surface area contributed by atoms with Crippen LogP contribution >= 0.6 is 11.6 Å². The van der Waals surface area contributed by atoms with Gasteiger partial charge in [0.15, 0.2) is 5.82 Å². The number of halogens is 2. The van der Waals surface area contributed by atoms with Gasteiger partial charge in [-0.25, -0.2) is 14.4 Å². The molecule has 0 bridgehead atoms. The summed E-state index contributed by atoms with van der Waals surface area (Å²) in [7, 11) is 1.48. The van der Waals surface area contributed by atoms with Gasteiger partial charge in [0.05, 0.1) is 23.1 Å². The van der Waals surface area contributed by atoms with E-state index < -0.39 is 11.7 Å². The van der Waals surface area contributed by atoms with E-state index in [0.29, 0.717) is 0 Å². The maximum atomic E-state index is 14.6. The number of rotatable bonds is 5. The van der Waals surface area contributed by atoms with Crippen molar-refractivity contribution < 1.29 is 9.18 Å². The fraction of sp³-hybridized carbons (Fsp3) is 0.231. The molecule has 0 spiro atoms. The average Bonchev–Trinajstić information content (AvgIpc) is 3.30. The number of fused-ring (bicyclic) bond motifs is 3. The molecule has 0 unspecified atom stereocenters. The molecule has 0 saturated heterocycles. The Morgan fingerprint density at radius 2 is 2.00 bits per heavy atom. The predicted octanol–water partition coefficient (Wildman–Crippen LogP) is 5.53. The summed E-state index contributed by atoms with van der Waals surface area (Å²) in [6.07, 6.45) is 7.08. The molecule has 0 aliphatic carbocycles. The molecule has 4 aromatic rings. The van der Waals surface area contributed by atoms with Crippen molar-refractivity contribution in [1.29, 1.82) is 0 Å². The molecule has 2 aromatic heterocycles. The van der Waals surface area contributed by atoms with Crippen molar-refractivity contribution in [1.82, 2.24) is 24.8 Å². The van der Waals surface area contributed by atoms with Crippen LogP contribution in [-0.2, 0) is 11.8 Å². The molecule has 3 N–H and O–H groups in total. The monoisotopic (exact) mass is 505 g/mol. The molecule has 1 aliphatic heterocycles. The van der Waals surface area contributed by atoms with Crippen molar-refractivity contribution in [2.75, 3.05) is 17.7 Å². The molecule has 1 aliphatic rings. The number of carbonyl (C=O) groups is 1. The smallest absolute Gasteiger partial charge is 0.253 e. The van der Waals surface area contributed by atoms with Crippen LogP contribution in [0.5, 0.6) is 0 Å². The molecular weight excluding hydrogens is 481 g/mol. The molecule has 10 heteroatoms. The fourth-order valence-electron chi connectivity index (χ4n) is 4.42. The number of aryl methyl sites for hydroxylation is 1. The minimum atomic E-state index is -0.607. The second kappa shape index (κ2) is 9.23. The third kappa shape index (κ3) is 4.37. The summed E-state index contributed by atoms with van der Waals surface area (Å²) in [6.45, 7) is 4.48. The fourth-order valence-corrected chi connectivity index (χ4v) is 4.55. The highest BCUT2D eigenvalue weighted by Gasteiger charge is 2.29. The molecular formula is C26H25ClFN7O. The van der Waals surface area contributed by atoms with Gasteiger partial charge in [-0.15, -0.1) is 0 Å². The van der Waals surface area contributed by atoms with Crippen LogP contribution in [0.15, 0.2) is 55.0 Å². The largest absolute Gasteiger partial charge is 0.355 e. The van der Waals surface area contributed by atoms with Crippen molar-refractivity contribution in [2.24, 2.45) is 0 Å². The number of amides is 1. The molecule has 36 heavy (non-hydrogen) atoms. The summed E-state index contributed by atoms with van der Waals surface area (Å²) in [5.74, 6) is 0.401. The Labute approximate surface area is 213 Å².